The molecule has 10 N–H and O–H groups in total. The minimum atomic E-state index is -5.14. The van der Waals surface area contributed by atoms with Crippen LogP contribution in [0.15, 0.2) is 46.2 Å². The van der Waals surface area contributed by atoms with E-state index in [4.69, 9.17) is 19.7 Å². The number of hydroxylamine groups is 1. The molecule has 0 fully saturated rings. The molecule has 0 radical (unpaired) electrons. The van der Waals surface area contributed by atoms with Crippen LogP contribution in [0, 0.1) is 0 Å². The Morgan fingerprint density at radius 1 is 0.645 bits per heavy atom. The van der Waals surface area contributed by atoms with Crippen LogP contribution < -0.4 is 91.2 Å². The van der Waals surface area contributed by atoms with Gasteiger partial charge >= 0.3 is 59.1 Å². The third-order valence-electron chi connectivity index (χ3n) is 7.73. The summed E-state index contributed by atoms with van der Waals surface area (Å²) < 4.78 is 85.2. The number of nitrogens with zero attached hydrogens (tertiary/aromatic N) is 6. The van der Waals surface area contributed by atoms with E-state index in [9.17, 15) is 36.3 Å². The molecule has 0 spiro atoms. The second-order valence-corrected chi connectivity index (χ2v) is 15.4. The third kappa shape index (κ3) is 18.5. The summed E-state index contributed by atoms with van der Waals surface area (Å²) in [4.78, 5) is 24.3. The SMILES string of the molecule is CC(O)CNc1nc(NCCOCCO)nc(Nc2ccc(C=Cc3ccc(Nc4nc(NCCOCCO)nc(C(C)CNO)n4)cc3S(=O)(=O)[O-])c(S(=O)(=O)[O-])c2)n1.[Na+].[Na+]. The van der Waals surface area contributed by atoms with Crippen LogP contribution in [0.3, 0.4) is 0 Å². The smallest absolute Gasteiger partial charge is 0.744 e. The van der Waals surface area contributed by atoms with Crippen LogP contribution in [0.2, 0.25) is 0 Å². The van der Waals surface area contributed by atoms with Gasteiger partial charge < -0.3 is 65.7 Å². The van der Waals surface area contributed by atoms with E-state index >= 15 is 0 Å². The van der Waals surface area contributed by atoms with Crippen molar-refractivity contribution in [1.82, 2.24) is 35.4 Å². The Kier molecular flexibility index (Phi) is 24.0. The Labute approximate surface area is 402 Å². The van der Waals surface area contributed by atoms with E-state index in [0.717, 1.165) is 24.3 Å². The van der Waals surface area contributed by atoms with E-state index < -0.39 is 42.0 Å². The molecule has 0 saturated carbocycles. The van der Waals surface area contributed by atoms with Gasteiger partial charge in [0, 0.05) is 43.5 Å². The van der Waals surface area contributed by atoms with Crippen molar-refractivity contribution in [3.8, 4) is 0 Å². The minimum absolute atomic E-state index is 0. The zero-order chi connectivity index (χ0) is 43.7. The number of benzene rings is 2. The quantitative estimate of drug-likeness (QED) is 0.00922. The maximum Gasteiger partial charge on any atom is 1.00 e. The van der Waals surface area contributed by atoms with Crippen molar-refractivity contribution in [2.45, 2.75) is 35.7 Å². The zero-order valence-corrected chi connectivity index (χ0v) is 40.0. The molecule has 24 nitrogen and oxygen atoms in total. The summed E-state index contributed by atoms with van der Waals surface area (Å²) in [6, 6.07) is 7.41. The van der Waals surface area contributed by atoms with Crippen LogP contribution in [0.4, 0.5) is 41.1 Å². The third-order valence-corrected chi connectivity index (χ3v) is 9.52. The molecule has 4 rings (SSSR count). The van der Waals surface area contributed by atoms with Crippen LogP contribution in [0.5, 0.6) is 0 Å². The number of aromatic nitrogens is 6. The maximum absolute atomic E-state index is 12.5. The fraction of sp³-hybridized carbons (Fsp3) is 0.412. The fourth-order valence-electron chi connectivity index (χ4n) is 4.98. The number of hydrogen-bond acceptors (Lipinski definition) is 24. The molecule has 0 saturated heterocycles. The maximum atomic E-state index is 12.5. The molecule has 0 amide bonds. The Bertz CT molecular complexity index is 2280. The van der Waals surface area contributed by atoms with Gasteiger partial charge in [-0.2, -0.15) is 29.9 Å². The van der Waals surface area contributed by atoms with Crippen LogP contribution in [0.1, 0.15) is 36.7 Å². The van der Waals surface area contributed by atoms with Gasteiger partial charge in [0.2, 0.25) is 29.7 Å². The summed E-state index contributed by atoms with van der Waals surface area (Å²) in [5.74, 6) is -0.0335. The molecule has 0 aliphatic heterocycles. The molecule has 2 unspecified atom stereocenters. The molecule has 2 atom stereocenters. The van der Waals surface area contributed by atoms with E-state index in [1.165, 1.54) is 24.3 Å². The number of rotatable bonds is 26. The van der Waals surface area contributed by atoms with Crippen molar-refractivity contribution in [2.75, 3.05) is 92.4 Å². The monoisotopic (exact) mass is 924 g/mol. The summed E-state index contributed by atoms with van der Waals surface area (Å²) in [6.45, 7) is 4.35. The average Bonchev–Trinajstić information content (AvgIpc) is 3.19. The Hall–Kier alpha value is -3.26. The van der Waals surface area contributed by atoms with Crippen LogP contribution in [-0.4, -0.2) is 148 Å². The first-order chi connectivity index (χ1) is 28.6. The first-order valence-corrected chi connectivity index (χ1v) is 21.0. The first-order valence-electron chi connectivity index (χ1n) is 18.2. The standard InChI is InChI=1S/C34H48N12O12S2.2Na/c1-21(19-38-50)29-41-30(35-9-13-57-15-11-47)44-33(42-29)39-25-7-5-23(27(17-25)59(51,52)53)3-4-24-6-8-26(18-28(24)60(54,55)56)40-34-45-31(36-10-14-58-16-12-48)43-32(46-34)37-20-22(2)49;;/h3-8,17-18,21-22,38,47-50H,9-16,19-20H2,1-2H3,(H,51,52,53)(H,54,55,56)(H2,35,39,41,42,44)(H3,36,37,40,43,45,46);;/q;2*+1/p-2. The van der Waals surface area contributed by atoms with Gasteiger partial charge in [-0.15, -0.1) is 0 Å². The Morgan fingerprint density at radius 3 is 1.50 bits per heavy atom. The van der Waals surface area contributed by atoms with Gasteiger partial charge in [-0.05, 0) is 42.3 Å². The number of anilines is 7. The van der Waals surface area contributed by atoms with E-state index in [1.807, 2.05) is 5.48 Å². The topological polar surface area (TPSA) is 363 Å². The number of ether oxygens (including phenoxy) is 2. The van der Waals surface area contributed by atoms with Crippen LogP contribution >= 0.6 is 0 Å². The second-order valence-electron chi connectivity index (χ2n) is 12.7. The van der Waals surface area contributed by atoms with E-state index in [-0.39, 0.29) is 183 Å². The fourth-order valence-corrected chi connectivity index (χ4v) is 6.37. The first kappa shape index (κ1) is 54.9. The summed E-state index contributed by atoms with van der Waals surface area (Å²) in [5, 5.41) is 51.1. The predicted molar refractivity (Wildman–Crippen MR) is 215 cm³/mol. The van der Waals surface area contributed by atoms with Gasteiger partial charge in [0.05, 0.1) is 55.5 Å². The molecule has 2 heterocycles. The normalized spacial score (nSPS) is 12.5. The van der Waals surface area contributed by atoms with Crippen molar-refractivity contribution in [3.05, 3.63) is 53.3 Å². The van der Waals surface area contributed by atoms with Crippen molar-refractivity contribution < 1.29 is 115 Å². The molecule has 2 aromatic heterocycles. The predicted octanol–water partition coefficient (Wildman–Crippen LogP) is -5.75. The minimum Gasteiger partial charge on any atom is -0.744 e. The largest absolute Gasteiger partial charge is 1.00 e. The van der Waals surface area contributed by atoms with Gasteiger partial charge in [-0.3, -0.25) is 0 Å². The molecule has 62 heavy (non-hydrogen) atoms. The molecule has 0 aliphatic rings. The Balaban J connectivity index is 0.00000661. The molecule has 328 valence electrons. The number of aliphatic hydroxyl groups excluding tert-OH is 3. The number of nitrogens with one attached hydrogen (secondary N) is 6. The zero-order valence-electron chi connectivity index (χ0n) is 34.4. The number of hydrogen-bond donors (Lipinski definition) is 10. The van der Waals surface area contributed by atoms with Gasteiger partial charge in [0.15, 0.2) is 0 Å². The summed E-state index contributed by atoms with van der Waals surface area (Å²) in [6.07, 6.45) is 1.56. The van der Waals surface area contributed by atoms with Crippen molar-refractivity contribution >= 4 is 73.5 Å². The van der Waals surface area contributed by atoms with E-state index in [2.05, 4.69) is 56.5 Å². The van der Waals surface area contributed by atoms with Crippen molar-refractivity contribution in [3.63, 3.8) is 0 Å². The molecule has 2 aromatic carbocycles. The van der Waals surface area contributed by atoms with Crippen molar-refractivity contribution in [2.24, 2.45) is 0 Å². The average molecular weight is 925 g/mol. The van der Waals surface area contributed by atoms with Crippen LogP contribution in [-0.2, 0) is 29.7 Å². The van der Waals surface area contributed by atoms with Gasteiger partial charge in [-0.1, -0.05) is 31.2 Å². The molecule has 0 aliphatic carbocycles. The van der Waals surface area contributed by atoms with Gasteiger partial charge in [-0.25, -0.2) is 22.3 Å². The van der Waals surface area contributed by atoms with Crippen LogP contribution in [0.25, 0.3) is 12.2 Å². The van der Waals surface area contributed by atoms with Gasteiger partial charge in [0.1, 0.15) is 26.1 Å². The molecular formula is C34H46N12Na2O12S2. The Morgan fingerprint density at radius 2 is 1.06 bits per heavy atom. The van der Waals surface area contributed by atoms with Crippen molar-refractivity contribution in [1.29, 1.82) is 0 Å². The second kappa shape index (κ2) is 27.2. The summed E-state index contributed by atoms with van der Waals surface area (Å²) in [5.41, 5.74) is 1.92. The molecule has 4 aromatic rings. The van der Waals surface area contributed by atoms with E-state index in [0.29, 0.717) is 0 Å². The molecular weight excluding hydrogens is 879 g/mol. The summed E-state index contributed by atoms with van der Waals surface area (Å²) in [7, 11) is -10.3. The molecule has 28 heteroatoms. The number of aliphatic hydroxyl groups is 3. The summed E-state index contributed by atoms with van der Waals surface area (Å²) >= 11 is 0. The molecule has 0 bridgehead atoms. The van der Waals surface area contributed by atoms with E-state index in [1.54, 1.807) is 13.8 Å². The van der Waals surface area contributed by atoms with Gasteiger partial charge in [0.25, 0.3) is 0 Å².